The van der Waals surface area contributed by atoms with Crippen molar-refractivity contribution in [3.8, 4) is 11.5 Å². The number of furan rings is 1. The molecule has 3 aromatic rings. The van der Waals surface area contributed by atoms with E-state index in [1.807, 2.05) is 54.6 Å². The molecule has 0 radical (unpaired) electrons. The van der Waals surface area contributed by atoms with Gasteiger partial charge in [-0.15, -0.1) is 0 Å². The van der Waals surface area contributed by atoms with E-state index in [0.717, 1.165) is 28.3 Å². The van der Waals surface area contributed by atoms with Gasteiger partial charge in [-0.1, -0.05) is 35.0 Å². The Morgan fingerprint density at radius 1 is 1.11 bits per heavy atom. The number of halogens is 1. The molecule has 2 atom stereocenters. The molecule has 1 N–H and O–H groups in total. The molecule has 0 spiro atoms. The Balaban J connectivity index is 1.19. The summed E-state index contributed by atoms with van der Waals surface area (Å²) in [5, 5.41) is 15.7. The highest BCUT2D eigenvalue weighted by molar-refractivity contribution is 6.31. The molecule has 8 nitrogen and oxygen atoms in total. The molecule has 2 aliphatic heterocycles. The van der Waals surface area contributed by atoms with Gasteiger partial charge in [0.05, 0.1) is 24.7 Å². The Labute approximate surface area is 208 Å². The summed E-state index contributed by atoms with van der Waals surface area (Å²) in [6.07, 6.45) is 1.39. The largest absolute Gasteiger partial charge is 0.467 e. The predicted molar refractivity (Wildman–Crippen MR) is 130 cm³/mol. The number of ether oxygens (including phenoxy) is 3. The topological polar surface area (TPSA) is 85.9 Å². The van der Waals surface area contributed by atoms with E-state index in [2.05, 4.69) is 10.1 Å². The van der Waals surface area contributed by atoms with Crippen molar-refractivity contribution in [2.45, 2.75) is 31.8 Å². The number of hydrogen-bond acceptors (Lipinski definition) is 8. The molecular formula is C26H27ClN2O6. The molecule has 0 amide bonds. The van der Waals surface area contributed by atoms with Gasteiger partial charge in [0.25, 0.3) is 0 Å². The number of aliphatic hydroxyl groups is 1. The minimum absolute atomic E-state index is 0.158. The first-order valence-corrected chi connectivity index (χ1v) is 11.9. The van der Waals surface area contributed by atoms with Crippen LogP contribution in [0.4, 0.5) is 0 Å². The second-order valence-corrected chi connectivity index (χ2v) is 8.98. The van der Waals surface area contributed by atoms with Gasteiger partial charge in [-0.25, -0.2) is 0 Å². The maximum absolute atomic E-state index is 10.7. The molecule has 2 aromatic carbocycles. The van der Waals surface area contributed by atoms with E-state index < -0.39 is 6.10 Å². The lowest BCUT2D eigenvalue weighted by Gasteiger charge is -2.27. The molecule has 0 aliphatic carbocycles. The van der Waals surface area contributed by atoms with E-state index in [4.69, 9.17) is 35.1 Å². The summed E-state index contributed by atoms with van der Waals surface area (Å²) in [6.45, 7) is 2.25. The first-order valence-electron chi connectivity index (χ1n) is 11.5. The average Bonchev–Trinajstić information content (AvgIpc) is 3.62. The fourth-order valence-electron chi connectivity index (χ4n) is 4.17. The van der Waals surface area contributed by atoms with E-state index in [1.54, 1.807) is 6.26 Å². The number of benzene rings is 2. The van der Waals surface area contributed by atoms with Crippen molar-refractivity contribution in [1.82, 2.24) is 4.90 Å². The van der Waals surface area contributed by atoms with Crippen LogP contribution in [-0.2, 0) is 22.7 Å². The molecule has 0 saturated heterocycles. The molecule has 35 heavy (non-hydrogen) atoms. The van der Waals surface area contributed by atoms with Crippen molar-refractivity contribution in [3.05, 3.63) is 82.8 Å². The Bertz CT molecular complexity index is 1150. The molecule has 9 heteroatoms. The number of oxime groups is 1. The van der Waals surface area contributed by atoms with Gasteiger partial charge in [0.1, 0.15) is 18.5 Å². The Morgan fingerprint density at radius 3 is 2.86 bits per heavy atom. The summed E-state index contributed by atoms with van der Waals surface area (Å²) < 4.78 is 21.8. The van der Waals surface area contributed by atoms with E-state index >= 15 is 0 Å². The summed E-state index contributed by atoms with van der Waals surface area (Å²) in [5.74, 6) is 2.17. The van der Waals surface area contributed by atoms with Gasteiger partial charge in [0.2, 0.25) is 6.79 Å². The SMILES string of the molecule is O[C@@H](COCc1ccco1)CN(Cc1ccccc1Cl)C[C@@H]1CC(c2ccc3c(c2)OCO3)=NO1. The summed E-state index contributed by atoms with van der Waals surface area (Å²) in [6, 6.07) is 17.1. The zero-order valence-electron chi connectivity index (χ0n) is 19.1. The maximum atomic E-state index is 10.7. The van der Waals surface area contributed by atoms with Crippen LogP contribution in [0, 0.1) is 0 Å². The van der Waals surface area contributed by atoms with Crippen LogP contribution in [0.1, 0.15) is 23.3 Å². The van der Waals surface area contributed by atoms with Crippen LogP contribution < -0.4 is 9.47 Å². The van der Waals surface area contributed by atoms with E-state index in [9.17, 15) is 5.11 Å². The quantitative estimate of drug-likeness (QED) is 0.423. The predicted octanol–water partition coefficient (Wildman–Crippen LogP) is 4.23. The third-order valence-corrected chi connectivity index (χ3v) is 6.22. The minimum atomic E-state index is -0.692. The van der Waals surface area contributed by atoms with Crippen molar-refractivity contribution in [2.75, 3.05) is 26.5 Å². The van der Waals surface area contributed by atoms with Crippen molar-refractivity contribution >= 4 is 17.3 Å². The van der Waals surface area contributed by atoms with Gasteiger partial charge in [0, 0.05) is 36.6 Å². The molecule has 5 rings (SSSR count). The second-order valence-electron chi connectivity index (χ2n) is 8.57. The summed E-state index contributed by atoms with van der Waals surface area (Å²) in [5.41, 5.74) is 2.78. The van der Waals surface area contributed by atoms with Gasteiger partial charge in [0.15, 0.2) is 11.5 Å². The summed E-state index contributed by atoms with van der Waals surface area (Å²) in [4.78, 5) is 7.88. The monoisotopic (exact) mass is 498 g/mol. The molecule has 184 valence electrons. The van der Waals surface area contributed by atoms with Crippen LogP contribution in [0.15, 0.2) is 70.4 Å². The van der Waals surface area contributed by atoms with Gasteiger partial charge in [-0.2, -0.15) is 0 Å². The van der Waals surface area contributed by atoms with Crippen LogP contribution in [0.3, 0.4) is 0 Å². The van der Waals surface area contributed by atoms with Crippen molar-refractivity contribution < 1.29 is 28.6 Å². The van der Waals surface area contributed by atoms with E-state index in [1.165, 1.54) is 0 Å². The molecule has 0 saturated carbocycles. The Morgan fingerprint density at radius 2 is 2.00 bits per heavy atom. The van der Waals surface area contributed by atoms with Gasteiger partial charge in [-0.3, -0.25) is 4.90 Å². The highest BCUT2D eigenvalue weighted by Gasteiger charge is 2.27. The zero-order valence-corrected chi connectivity index (χ0v) is 19.9. The molecule has 0 unspecified atom stereocenters. The first-order chi connectivity index (χ1) is 17.1. The summed E-state index contributed by atoms with van der Waals surface area (Å²) >= 11 is 6.41. The highest BCUT2D eigenvalue weighted by atomic mass is 35.5. The first kappa shape index (κ1) is 23.7. The molecule has 0 fully saturated rings. The van der Waals surface area contributed by atoms with Crippen molar-refractivity contribution in [1.29, 1.82) is 0 Å². The number of aliphatic hydroxyl groups excluding tert-OH is 1. The van der Waals surface area contributed by atoms with Crippen LogP contribution in [0.25, 0.3) is 0 Å². The molecule has 2 aliphatic rings. The Kier molecular flexibility index (Phi) is 7.54. The van der Waals surface area contributed by atoms with Crippen molar-refractivity contribution in [3.63, 3.8) is 0 Å². The zero-order chi connectivity index (χ0) is 24.0. The van der Waals surface area contributed by atoms with Crippen LogP contribution in [0.2, 0.25) is 5.02 Å². The molecule has 0 bridgehead atoms. The van der Waals surface area contributed by atoms with Crippen LogP contribution in [-0.4, -0.2) is 54.4 Å². The van der Waals surface area contributed by atoms with Crippen LogP contribution in [0.5, 0.6) is 11.5 Å². The Hall–Kier alpha value is -3.04. The smallest absolute Gasteiger partial charge is 0.231 e. The standard InChI is InChI=1S/C26H27ClN2O6/c27-23-6-2-1-4-19(23)12-29(13-20(30)15-31-16-21-5-3-9-32-21)14-22-11-24(28-35-22)18-7-8-25-26(10-18)34-17-33-25/h1-10,20,22,30H,11-17H2/t20-,22+/m1/s1. The van der Waals surface area contributed by atoms with Gasteiger partial charge < -0.3 is 28.6 Å². The number of nitrogens with zero attached hydrogens (tertiary/aromatic N) is 2. The second kappa shape index (κ2) is 11.1. The number of fused-ring (bicyclic) bond motifs is 1. The fraction of sp³-hybridized carbons (Fsp3) is 0.346. The van der Waals surface area contributed by atoms with E-state index in [-0.39, 0.29) is 19.5 Å². The molecular weight excluding hydrogens is 472 g/mol. The highest BCUT2D eigenvalue weighted by Crippen LogP contribution is 2.33. The van der Waals surface area contributed by atoms with Crippen LogP contribution >= 0.6 is 11.6 Å². The normalized spacial score (nSPS) is 17.5. The fourth-order valence-corrected chi connectivity index (χ4v) is 4.37. The van der Waals surface area contributed by atoms with E-state index in [0.29, 0.717) is 43.4 Å². The number of hydrogen-bond donors (Lipinski definition) is 1. The minimum Gasteiger partial charge on any atom is -0.467 e. The average molecular weight is 499 g/mol. The third-order valence-electron chi connectivity index (χ3n) is 5.86. The summed E-state index contributed by atoms with van der Waals surface area (Å²) in [7, 11) is 0. The molecule has 3 heterocycles. The maximum Gasteiger partial charge on any atom is 0.231 e. The van der Waals surface area contributed by atoms with Gasteiger partial charge in [-0.05, 0) is 42.0 Å². The lowest BCUT2D eigenvalue weighted by Crippen LogP contribution is -2.39. The number of rotatable bonds is 11. The third kappa shape index (κ3) is 6.15. The lowest BCUT2D eigenvalue weighted by molar-refractivity contribution is -0.00955. The van der Waals surface area contributed by atoms with Gasteiger partial charge >= 0.3 is 0 Å². The van der Waals surface area contributed by atoms with Crippen molar-refractivity contribution in [2.24, 2.45) is 5.16 Å². The molecule has 1 aromatic heterocycles. The lowest BCUT2D eigenvalue weighted by atomic mass is 10.0.